The predicted molar refractivity (Wildman–Crippen MR) is 137 cm³/mol. The summed E-state index contributed by atoms with van der Waals surface area (Å²) in [6, 6.07) is -1.27. The molecule has 2 saturated heterocycles. The van der Waals surface area contributed by atoms with Crippen LogP contribution in [0.25, 0.3) is 0 Å². The van der Waals surface area contributed by atoms with Gasteiger partial charge in [0.05, 0.1) is 35.8 Å². The fourth-order valence-electron chi connectivity index (χ4n) is 6.79. The third kappa shape index (κ3) is 4.35. The molecular formula is C27H40N2O5S. The average Bonchev–Trinajstić information content (AvgIpc) is 3.11. The second-order valence-electron chi connectivity index (χ2n) is 12.1. The van der Waals surface area contributed by atoms with Crippen molar-refractivity contribution in [3.63, 3.8) is 0 Å². The summed E-state index contributed by atoms with van der Waals surface area (Å²) in [5, 5.41) is 9.98. The molecule has 6 atom stereocenters. The van der Waals surface area contributed by atoms with Crippen molar-refractivity contribution in [2.45, 2.75) is 88.4 Å². The number of ether oxygens (including phenoxy) is 1. The highest BCUT2D eigenvalue weighted by molar-refractivity contribution is 8.02. The summed E-state index contributed by atoms with van der Waals surface area (Å²) in [4.78, 5) is 45.3. The zero-order chi connectivity index (χ0) is 25.8. The molecule has 1 unspecified atom stereocenters. The summed E-state index contributed by atoms with van der Waals surface area (Å²) in [6.07, 6.45) is 10.0. The smallest absolute Gasteiger partial charge is 0.311 e. The summed E-state index contributed by atoms with van der Waals surface area (Å²) >= 11 is 1.55. The van der Waals surface area contributed by atoms with E-state index in [0.29, 0.717) is 26.0 Å². The van der Waals surface area contributed by atoms with Crippen molar-refractivity contribution in [1.82, 2.24) is 9.80 Å². The van der Waals surface area contributed by atoms with Crippen molar-refractivity contribution in [2.24, 2.45) is 17.3 Å². The molecule has 4 aliphatic rings. The van der Waals surface area contributed by atoms with Crippen LogP contribution in [0.3, 0.4) is 0 Å². The fraction of sp³-hybridized carbons (Fsp3) is 0.741. The minimum absolute atomic E-state index is 0.00433. The molecule has 0 aromatic rings. The van der Waals surface area contributed by atoms with Gasteiger partial charge in [-0.2, -0.15) is 0 Å². The van der Waals surface area contributed by atoms with Gasteiger partial charge in [0.15, 0.2) is 0 Å². The number of hydrogen-bond donors (Lipinski definition) is 1. The number of hydrogen-bond acceptors (Lipinski definition) is 6. The zero-order valence-corrected chi connectivity index (χ0v) is 22.6. The second kappa shape index (κ2) is 9.25. The summed E-state index contributed by atoms with van der Waals surface area (Å²) in [5.41, 5.74) is -0.437. The second-order valence-corrected chi connectivity index (χ2v) is 13.6. The molecular weight excluding hydrogens is 464 g/mol. The number of thioether (sulfide) groups is 1. The molecule has 1 N–H and O–H groups in total. The maximum absolute atomic E-state index is 14.5. The van der Waals surface area contributed by atoms with E-state index in [4.69, 9.17) is 4.74 Å². The van der Waals surface area contributed by atoms with Crippen LogP contribution >= 0.6 is 11.8 Å². The van der Waals surface area contributed by atoms with Crippen molar-refractivity contribution in [3.8, 4) is 0 Å². The number of carbonyl (C=O) groups excluding carboxylic acids is 3. The maximum Gasteiger partial charge on any atom is 0.311 e. The number of amides is 2. The third-order valence-electron chi connectivity index (χ3n) is 7.83. The molecule has 0 aliphatic carbocycles. The molecule has 194 valence electrons. The van der Waals surface area contributed by atoms with Crippen molar-refractivity contribution in [1.29, 1.82) is 0 Å². The van der Waals surface area contributed by atoms with E-state index in [2.05, 4.69) is 34.6 Å². The Morgan fingerprint density at radius 3 is 2.51 bits per heavy atom. The van der Waals surface area contributed by atoms with E-state index in [9.17, 15) is 19.5 Å². The molecule has 2 fully saturated rings. The van der Waals surface area contributed by atoms with E-state index >= 15 is 0 Å². The summed E-state index contributed by atoms with van der Waals surface area (Å²) in [5.74, 6) is -2.06. The lowest BCUT2D eigenvalue weighted by atomic mass is 9.78. The Hall–Kier alpha value is -1.80. The fourth-order valence-corrected chi connectivity index (χ4v) is 8.78. The number of nitrogens with zero attached hydrogens (tertiary/aromatic N) is 2. The Bertz CT molecular complexity index is 934. The predicted octanol–water partition coefficient (Wildman–Crippen LogP) is 3.17. The van der Waals surface area contributed by atoms with E-state index < -0.39 is 34.2 Å². The first-order valence-electron chi connectivity index (χ1n) is 12.8. The average molecular weight is 505 g/mol. The number of fused-ring (bicyclic) bond motifs is 2. The molecule has 7 nitrogen and oxygen atoms in total. The first kappa shape index (κ1) is 26.3. The van der Waals surface area contributed by atoms with E-state index in [1.807, 2.05) is 36.1 Å². The molecule has 2 amide bonds. The van der Waals surface area contributed by atoms with Gasteiger partial charge in [-0.1, -0.05) is 52.0 Å². The molecule has 35 heavy (non-hydrogen) atoms. The molecule has 0 aromatic heterocycles. The lowest BCUT2D eigenvalue weighted by molar-refractivity contribution is -0.154. The largest absolute Gasteiger partial charge is 0.465 e. The van der Waals surface area contributed by atoms with Gasteiger partial charge in [0, 0.05) is 17.3 Å². The summed E-state index contributed by atoms with van der Waals surface area (Å²) in [6.45, 7) is 13.1. The van der Waals surface area contributed by atoms with Gasteiger partial charge in [0.25, 0.3) is 0 Å². The maximum atomic E-state index is 14.5. The SMILES string of the molecule is CC[C@@H](CO)N1C(=O)[C@@H]2[C@@H]3C(=O)OCCC=C[C@@H]3S[C@@]23C=CCN(C(C)(C)CC(C)(C)C)C(=O)C13. The van der Waals surface area contributed by atoms with Gasteiger partial charge in [-0.25, -0.2) is 0 Å². The molecule has 4 heterocycles. The topological polar surface area (TPSA) is 87.2 Å². The standard InChI is InChI=1S/C27H40N2O5S/c1-7-17(15-30)29-21-23(32)28(26(5,6)16-25(2,3)4)13-10-12-27(21)20(22(29)31)19-18(35-27)11-8-9-14-34-24(19)33/h8,10-12,17-21,30H,7,9,13-16H2,1-6H3/t17-,18-,19+,20-,21?,27-/m0/s1. The Kier molecular flexibility index (Phi) is 6.95. The third-order valence-corrected chi connectivity index (χ3v) is 9.57. The van der Waals surface area contributed by atoms with Gasteiger partial charge >= 0.3 is 5.97 Å². The molecule has 4 aliphatic heterocycles. The lowest BCUT2D eigenvalue weighted by Crippen LogP contribution is -2.60. The first-order chi connectivity index (χ1) is 16.4. The van der Waals surface area contributed by atoms with Crippen LogP contribution in [0.1, 0.15) is 60.8 Å². The van der Waals surface area contributed by atoms with Crippen LogP contribution in [0.2, 0.25) is 0 Å². The minimum Gasteiger partial charge on any atom is -0.465 e. The van der Waals surface area contributed by atoms with Crippen LogP contribution < -0.4 is 0 Å². The number of cyclic esters (lactones) is 1. The van der Waals surface area contributed by atoms with Gasteiger partial charge in [-0.05, 0) is 38.5 Å². The van der Waals surface area contributed by atoms with Crippen molar-refractivity contribution in [3.05, 3.63) is 24.3 Å². The van der Waals surface area contributed by atoms with Gasteiger partial charge in [-0.3, -0.25) is 14.4 Å². The summed E-state index contributed by atoms with van der Waals surface area (Å²) in [7, 11) is 0. The van der Waals surface area contributed by atoms with Gasteiger partial charge in [-0.15, -0.1) is 11.8 Å². The number of likely N-dealkylation sites (tertiary alicyclic amines) is 1. The van der Waals surface area contributed by atoms with Crippen molar-refractivity contribution in [2.75, 3.05) is 19.8 Å². The molecule has 0 radical (unpaired) electrons. The zero-order valence-electron chi connectivity index (χ0n) is 21.8. The van der Waals surface area contributed by atoms with E-state index in [0.717, 1.165) is 6.42 Å². The van der Waals surface area contributed by atoms with Crippen molar-refractivity contribution >= 4 is 29.5 Å². The lowest BCUT2D eigenvalue weighted by Gasteiger charge is -2.45. The monoisotopic (exact) mass is 504 g/mol. The number of esters is 1. The van der Waals surface area contributed by atoms with E-state index in [-0.39, 0.29) is 35.1 Å². The highest BCUT2D eigenvalue weighted by Crippen LogP contribution is 2.61. The van der Waals surface area contributed by atoms with Crippen LogP contribution in [0, 0.1) is 17.3 Å². The van der Waals surface area contributed by atoms with Gasteiger partial charge in [0.2, 0.25) is 11.8 Å². The van der Waals surface area contributed by atoms with E-state index in [1.54, 1.807) is 16.7 Å². The van der Waals surface area contributed by atoms with Gasteiger partial charge in [0.1, 0.15) is 6.04 Å². The Labute approximate surface area is 213 Å². The number of rotatable bonds is 5. The van der Waals surface area contributed by atoms with Crippen LogP contribution in [0.15, 0.2) is 24.3 Å². The molecule has 1 spiro atoms. The Morgan fingerprint density at radius 1 is 1.17 bits per heavy atom. The van der Waals surface area contributed by atoms with Crippen LogP contribution in [0.4, 0.5) is 0 Å². The highest BCUT2D eigenvalue weighted by atomic mass is 32.2. The first-order valence-corrected chi connectivity index (χ1v) is 13.7. The van der Waals surface area contributed by atoms with Crippen LogP contribution in [-0.2, 0) is 19.1 Å². The quantitative estimate of drug-likeness (QED) is 0.457. The van der Waals surface area contributed by atoms with Crippen molar-refractivity contribution < 1.29 is 24.2 Å². The van der Waals surface area contributed by atoms with Crippen LogP contribution in [0.5, 0.6) is 0 Å². The molecule has 8 heteroatoms. The molecule has 0 bridgehead atoms. The minimum atomic E-state index is -0.883. The Balaban J connectivity index is 1.84. The normalized spacial score (nSPS) is 34.1. The summed E-state index contributed by atoms with van der Waals surface area (Å²) < 4.78 is 4.64. The molecule has 0 saturated carbocycles. The number of aliphatic hydroxyl groups is 1. The van der Waals surface area contributed by atoms with Gasteiger partial charge < -0.3 is 19.6 Å². The molecule has 0 aromatic carbocycles. The van der Waals surface area contributed by atoms with Crippen LogP contribution in [-0.4, -0.2) is 80.1 Å². The highest BCUT2D eigenvalue weighted by Gasteiger charge is 2.72. The number of carbonyl (C=O) groups is 3. The Morgan fingerprint density at radius 2 is 1.89 bits per heavy atom. The molecule has 4 rings (SSSR count). The van der Waals surface area contributed by atoms with E-state index in [1.165, 1.54) is 0 Å². The number of aliphatic hydroxyl groups excluding tert-OH is 1.